The second-order valence-electron chi connectivity index (χ2n) is 4.14. The van der Waals surface area contributed by atoms with Gasteiger partial charge in [0.15, 0.2) is 12.7 Å². The van der Waals surface area contributed by atoms with Crippen molar-refractivity contribution in [3.8, 4) is 5.75 Å². The second-order valence-corrected chi connectivity index (χ2v) is 4.14. The van der Waals surface area contributed by atoms with E-state index in [0.717, 1.165) is 0 Å². The molecule has 0 aliphatic carbocycles. The number of carbonyl (C=O) groups is 3. The molecule has 0 bridgehead atoms. The van der Waals surface area contributed by atoms with Crippen molar-refractivity contribution in [3.63, 3.8) is 0 Å². The van der Waals surface area contributed by atoms with Crippen molar-refractivity contribution in [3.05, 3.63) is 42.5 Å². The Kier molecular flexibility index (Phi) is 6.67. The van der Waals surface area contributed by atoms with E-state index in [-0.39, 0.29) is 6.61 Å². The van der Waals surface area contributed by atoms with Crippen LogP contribution in [-0.2, 0) is 14.3 Å². The lowest BCUT2D eigenvalue weighted by molar-refractivity contribution is -0.156. The predicted molar refractivity (Wildman–Crippen MR) is 76.1 cm³/mol. The van der Waals surface area contributed by atoms with Crippen LogP contribution in [0, 0.1) is 0 Å². The molecule has 0 heterocycles. The molecule has 0 saturated carbocycles. The standard InChI is InChI=1S/C15H17NO5/c1-3-8-16-15(19)11(2)21-14(18)10-20-13-6-4-12(9-17)5-7-13/h3-7,9,11H,1,8,10H2,2H3,(H,16,19)/t11-/m0/s1. The van der Waals surface area contributed by atoms with Crippen molar-refractivity contribution in [2.45, 2.75) is 13.0 Å². The van der Waals surface area contributed by atoms with Gasteiger partial charge >= 0.3 is 5.97 Å². The molecule has 1 rings (SSSR count). The molecular weight excluding hydrogens is 274 g/mol. The molecule has 0 saturated heterocycles. The third-order valence-corrected chi connectivity index (χ3v) is 2.47. The number of benzene rings is 1. The molecule has 1 aromatic carbocycles. The van der Waals surface area contributed by atoms with Crippen LogP contribution < -0.4 is 10.1 Å². The van der Waals surface area contributed by atoms with E-state index in [2.05, 4.69) is 11.9 Å². The van der Waals surface area contributed by atoms with E-state index in [9.17, 15) is 14.4 Å². The fraction of sp³-hybridized carbons (Fsp3) is 0.267. The molecule has 6 nitrogen and oxygen atoms in total. The summed E-state index contributed by atoms with van der Waals surface area (Å²) in [7, 11) is 0. The lowest BCUT2D eigenvalue weighted by Gasteiger charge is -2.13. The summed E-state index contributed by atoms with van der Waals surface area (Å²) in [6.07, 6.45) is 1.33. The Morgan fingerprint density at radius 3 is 2.57 bits per heavy atom. The highest BCUT2D eigenvalue weighted by atomic mass is 16.6. The highest BCUT2D eigenvalue weighted by Crippen LogP contribution is 2.11. The predicted octanol–water partition coefficient (Wildman–Crippen LogP) is 1.11. The van der Waals surface area contributed by atoms with Crippen molar-refractivity contribution >= 4 is 18.2 Å². The van der Waals surface area contributed by atoms with Gasteiger partial charge in [-0.25, -0.2) is 4.79 Å². The SMILES string of the molecule is C=CCNC(=O)[C@H](C)OC(=O)COc1ccc(C=O)cc1. The van der Waals surface area contributed by atoms with Gasteiger partial charge in [-0.1, -0.05) is 6.08 Å². The first-order valence-corrected chi connectivity index (χ1v) is 6.33. The van der Waals surface area contributed by atoms with Gasteiger partial charge in [-0.05, 0) is 31.2 Å². The maximum atomic E-state index is 11.5. The van der Waals surface area contributed by atoms with Crippen LogP contribution >= 0.6 is 0 Å². The Bertz CT molecular complexity index is 509. The molecule has 6 heteroatoms. The van der Waals surface area contributed by atoms with Gasteiger partial charge in [0.05, 0.1) is 0 Å². The molecule has 0 unspecified atom stereocenters. The van der Waals surface area contributed by atoms with Crippen LogP contribution in [-0.4, -0.2) is 37.4 Å². The van der Waals surface area contributed by atoms with E-state index >= 15 is 0 Å². The number of ether oxygens (including phenoxy) is 2. The molecule has 0 radical (unpaired) electrons. The fourth-order valence-corrected chi connectivity index (χ4v) is 1.39. The molecule has 0 aromatic heterocycles. The molecule has 1 N–H and O–H groups in total. The average molecular weight is 291 g/mol. The van der Waals surface area contributed by atoms with Gasteiger partial charge in [0.1, 0.15) is 12.0 Å². The summed E-state index contributed by atoms with van der Waals surface area (Å²) in [4.78, 5) is 33.5. The van der Waals surface area contributed by atoms with Gasteiger partial charge in [0.25, 0.3) is 5.91 Å². The van der Waals surface area contributed by atoms with Gasteiger partial charge < -0.3 is 14.8 Å². The zero-order valence-corrected chi connectivity index (χ0v) is 11.7. The molecule has 0 aliphatic heterocycles. The van der Waals surface area contributed by atoms with Crippen LogP contribution in [0.15, 0.2) is 36.9 Å². The van der Waals surface area contributed by atoms with Gasteiger partial charge in [-0.3, -0.25) is 9.59 Å². The van der Waals surface area contributed by atoms with Crippen molar-refractivity contribution < 1.29 is 23.9 Å². The fourth-order valence-electron chi connectivity index (χ4n) is 1.39. The first-order valence-electron chi connectivity index (χ1n) is 6.33. The first-order chi connectivity index (χ1) is 10.1. The van der Waals surface area contributed by atoms with E-state index in [1.807, 2.05) is 0 Å². The molecule has 1 aromatic rings. The van der Waals surface area contributed by atoms with Gasteiger partial charge in [0, 0.05) is 12.1 Å². The summed E-state index contributed by atoms with van der Waals surface area (Å²) < 4.78 is 10.1. The molecule has 0 fully saturated rings. The number of amides is 1. The Morgan fingerprint density at radius 2 is 2.00 bits per heavy atom. The molecule has 21 heavy (non-hydrogen) atoms. The molecule has 1 amide bonds. The monoisotopic (exact) mass is 291 g/mol. The minimum atomic E-state index is -0.904. The molecule has 1 atom stereocenters. The largest absolute Gasteiger partial charge is 0.482 e. The number of hydrogen-bond donors (Lipinski definition) is 1. The number of rotatable bonds is 8. The summed E-state index contributed by atoms with van der Waals surface area (Å²) in [6.45, 7) is 4.92. The Labute approximate surface area is 122 Å². The van der Waals surface area contributed by atoms with Crippen molar-refractivity contribution in [2.75, 3.05) is 13.2 Å². The number of hydrogen-bond acceptors (Lipinski definition) is 5. The van der Waals surface area contributed by atoms with Crippen LogP contribution in [0.3, 0.4) is 0 Å². The minimum Gasteiger partial charge on any atom is -0.482 e. The third kappa shape index (κ3) is 5.90. The van der Waals surface area contributed by atoms with Crippen LogP contribution in [0.25, 0.3) is 0 Å². The van der Waals surface area contributed by atoms with E-state index in [1.54, 1.807) is 24.3 Å². The van der Waals surface area contributed by atoms with Gasteiger partial charge in [-0.15, -0.1) is 6.58 Å². The number of aldehydes is 1. The zero-order valence-electron chi connectivity index (χ0n) is 11.7. The Morgan fingerprint density at radius 1 is 1.33 bits per heavy atom. The summed E-state index contributed by atoms with van der Waals surface area (Å²) in [5.74, 6) is -0.629. The minimum absolute atomic E-state index is 0.306. The lowest BCUT2D eigenvalue weighted by Crippen LogP contribution is -2.36. The smallest absolute Gasteiger partial charge is 0.344 e. The average Bonchev–Trinajstić information content (AvgIpc) is 2.50. The van der Waals surface area contributed by atoms with Crippen molar-refractivity contribution in [1.29, 1.82) is 0 Å². The van der Waals surface area contributed by atoms with E-state index in [1.165, 1.54) is 13.0 Å². The Hall–Kier alpha value is -2.63. The van der Waals surface area contributed by atoms with Gasteiger partial charge in [-0.2, -0.15) is 0 Å². The molecule has 0 aliphatic rings. The summed E-state index contributed by atoms with van der Waals surface area (Å²) in [5.41, 5.74) is 0.512. The van der Waals surface area contributed by atoms with E-state index in [0.29, 0.717) is 24.1 Å². The highest BCUT2D eigenvalue weighted by Gasteiger charge is 2.17. The topological polar surface area (TPSA) is 81.7 Å². The quantitative estimate of drug-likeness (QED) is 0.441. The summed E-state index contributed by atoms with van der Waals surface area (Å²) >= 11 is 0. The highest BCUT2D eigenvalue weighted by molar-refractivity contribution is 5.83. The van der Waals surface area contributed by atoms with Crippen molar-refractivity contribution in [2.24, 2.45) is 0 Å². The summed E-state index contributed by atoms with van der Waals surface area (Å²) in [5, 5.41) is 2.52. The second kappa shape index (κ2) is 8.52. The number of esters is 1. The molecule has 112 valence electrons. The van der Waals surface area contributed by atoms with Gasteiger partial charge in [0.2, 0.25) is 0 Å². The lowest BCUT2D eigenvalue weighted by atomic mass is 10.2. The van der Waals surface area contributed by atoms with E-state index in [4.69, 9.17) is 9.47 Å². The van der Waals surface area contributed by atoms with Crippen LogP contribution in [0.5, 0.6) is 5.75 Å². The maximum absolute atomic E-state index is 11.5. The Balaban J connectivity index is 2.37. The normalized spacial score (nSPS) is 11.1. The zero-order chi connectivity index (χ0) is 15.7. The van der Waals surface area contributed by atoms with Crippen LogP contribution in [0.2, 0.25) is 0 Å². The number of carbonyl (C=O) groups excluding carboxylic acids is 3. The maximum Gasteiger partial charge on any atom is 0.344 e. The van der Waals surface area contributed by atoms with Crippen LogP contribution in [0.4, 0.5) is 0 Å². The van der Waals surface area contributed by atoms with E-state index < -0.39 is 18.0 Å². The van der Waals surface area contributed by atoms with Crippen LogP contribution in [0.1, 0.15) is 17.3 Å². The third-order valence-electron chi connectivity index (χ3n) is 2.47. The number of nitrogens with one attached hydrogen (secondary N) is 1. The first kappa shape index (κ1) is 16.4. The van der Waals surface area contributed by atoms with Crippen molar-refractivity contribution in [1.82, 2.24) is 5.32 Å². The summed E-state index contributed by atoms with van der Waals surface area (Å²) in [6, 6.07) is 6.27. The molecular formula is C15H17NO5. The molecule has 0 spiro atoms.